The average molecular weight is 332 g/mol. The minimum atomic E-state index is 0.573. The Morgan fingerprint density at radius 1 is 1.27 bits per heavy atom. The molecule has 0 heterocycles. The summed E-state index contributed by atoms with van der Waals surface area (Å²) in [6.07, 6.45) is 6.40. The van der Waals surface area contributed by atoms with Gasteiger partial charge in [-0.1, -0.05) is 0 Å². The summed E-state index contributed by atoms with van der Waals surface area (Å²) in [6, 6.07) is 10.9. The Hall–Kier alpha value is -0.00104. The molecule has 0 atom stereocenters. The molecule has 0 saturated carbocycles. The molecule has 15 heavy (non-hydrogen) atoms. The second kappa shape index (κ2) is 8.19. The van der Waals surface area contributed by atoms with Gasteiger partial charge in [-0.25, -0.2) is 0 Å². The molecule has 1 aromatic carbocycles. The number of hydrogen-bond donors (Lipinski definition) is 0. The minimum absolute atomic E-state index is 0.573. The van der Waals surface area contributed by atoms with Crippen LogP contribution in [0, 0.1) is 0 Å². The summed E-state index contributed by atoms with van der Waals surface area (Å²) in [7, 11) is 0. The second-order valence-corrected chi connectivity index (χ2v) is 8.71. The fraction of sp³-hybridized carbons (Fsp3) is 0.385. The summed E-state index contributed by atoms with van der Waals surface area (Å²) < 4.78 is 3.21. The summed E-state index contributed by atoms with van der Waals surface area (Å²) in [5.41, 5.74) is 0. The molecule has 0 N–H and O–H groups in total. The monoisotopic (exact) mass is 334 g/mol. The van der Waals surface area contributed by atoms with Gasteiger partial charge in [0.1, 0.15) is 0 Å². The van der Waals surface area contributed by atoms with Crippen LogP contribution in [0.2, 0.25) is 5.82 Å². The molecule has 0 aliphatic heterocycles. The van der Waals surface area contributed by atoms with Crippen molar-refractivity contribution in [1.82, 2.24) is 0 Å². The first-order valence-corrected chi connectivity index (χ1v) is 9.62. The van der Waals surface area contributed by atoms with Crippen LogP contribution in [-0.4, -0.2) is 29.9 Å². The Morgan fingerprint density at radius 2 is 2.00 bits per heavy atom. The van der Waals surface area contributed by atoms with Gasteiger partial charge in [0.2, 0.25) is 0 Å². The van der Waals surface area contributed by atoms with Crippen molar-refractivity contribution >= 4 is 34.4 Å². The zero-order valence-electron chi connectivity index (χ0n) is 9.40. The van der Waals surface area contributed by atoms with E-state index in [2.05, 4.69) is 49.2 Å². The Labute approximate surface area is 106 Å². The second-order valence-electron chi connectivity index (χ2n) is 3.28. The van der Waals surface area contributed by atoms with Crippen LogP contribution in [-0.2, 0) is 0 Å². The summed E-state index contributed by atoms with van der Waals surface area (Å²) >= 11 is 1.26. The van der Waals surface area contributed by atoms with E-state index in [4.69, 9.17) is 0 Å². The van der Waals surface area contributed by atoms with E-state index in [9.17, 15) is 0 Å². The van der Waals surface area contributed by atoms with E-state index in [-0.39, 0.29) is 0 Å². The molecule has 0 saturated heterocycles. The first kappa shape index (κ1) is 13.1. The molecule has 0 amide bonds. The maximum atomic E-state index is 2.48. The summed E-state index contributed by atoms with van der Waals surface area (Å²) in [5, 5.41) is 0. The van der Waals surface area contributed by atoms with Gasteiger partial charge in [-0.05, 0) is 0 Å². The van der Waals surface area contributed by atoms with Crippen molar-refractivity contribution in [1.29, 1.82) is 0 Å². The molecule has 0 unspecified atom stereocenters. The van der Waals surface area contributed by atoms with E-state index in [1.54, 1.807) is 3.37 Å². The van der Waals surface area contributed by atoms with Gasteiger partial charge in [-0.2, -0.15) is 0 Å². The third-order valence-electron chi connectivity index (χ3n) is 2.03. The topological polar surface area (TPSA) is 0 Å². The predicted octanol–water partition coefficient (Wildman–Crippen LogP) is 2.80. The Morgan fingerprint density at radius 3 is 2.60 bits per heavy atom. The fourth-order valence-corrected chi connectivity index (χ4v) is 5.45. The summed E-state index contributed by atoms with van der Waals surface area (Å²) in [4.78, 5) is 0. The van der Waals surface area contributed by atoms with Gasteiger partial charge in [0.05, 0.1) is 0 Å². The van der Waals surface area contributed by atoms with Gasteiger partial charge in [-0.3, -0.25) is 0 Å². The maximum absolute atomic E-state index is 2.48. The van der Waals surface area contributed by atoms with E-state index in [1.165, 1.54) is 23.7 Å². The fourth-order valence-electron chi connectivity index (χ4n) is 1.20. The van der Waals surface area contributed by atoms with Gasteiger partial charge in [-0.15, -0.1) is 0 Å². The van der Waals surface area contributed by atoms with E-state index in [0.717, 1.165) is 0 Å². The average Bonchev–Trinajstić information content (AvgIpc) is 2.29. The van der Waals surface area contributed by atoms with Crippen LogP contribution in [0.3, 0.4) is 0 Å². The zero-order valence-corrected chi connectivity index (χ0v) is 12.8. The standard InChI is InChI=1S/C13H18Se2/c1-3-4-6-11-13(14-2)15-12-9-7-5-8-10-12/h5,7-11H,3-4,6H2,1-2H3/b13-11+. The first-order valence-electron chi connectivity index (χ1n) is 5.34. The SMILES string of the molecule is CCCC/C=C(\[Se]C)[Se]c1ccccc1. The predicted molar refractivity (Wildman–Crippen MR) is 71.1 cm³/mol. The molecule has 1 rings (SSSR count). The van der Waals surface area contributed by atoms with Crippen molar-refractivity contribution in [3.05, 3.63) is 39.8 Å². The molecule has 0 bridgehead atoms. The van der Waals surface area contributed by atoms with Crippen LogP contribution in [0.25, 0.3) is 0 Å². The van der Waals surface area contributed by atoms with Crippen LogP contribution in [0.15, 0.2) is 39.8 Å². The normalized spacial score (nSPS) is 11.7. The Bertz CT molecular complexity index is 291. The van der Waals surface area contributed by atoms with Crippen molar-refractivity contribution in [3.8, 4) is 0 Å². The van der Waals surface area contributed by atoms with Crippen molar-refractivity contribution in [2.45, 2.75) is 32.0 Å². The van der Waals surface area contributed by atoms with Crippen LogP contribution in [0.1, 0.15) is 26.2 Å². The molecule has 0 nitrogen and oxygen atoms in total. The van der Waals surface area contributed by atoms with E-state index in [1.807, 2.05) is 0 Å². The summed E-state index contributed by atoms with van der Waals surface area (Å²) in [5.74, 6) is 2.33. The molecule has 82 valence electrons. The molecule has 1 aromatic rings. The van der Waals surface area contributed by atoms with Crippen molar-refractivity contribution in [2.75, 3.05) is 0 Å². The molecular formula is C13H18Se2. The molecule has 0 aliphatic rings. The van der Waals surface area contributed by atoms with Crippen LogP contribution in [0.4, 0.5) is 0 Å². The Kier molecular flexibility index (Phi) is 7.13. The van der Waals surface area contributed by atoms with Gasteiger partial charge < -0.3 is 0 Å². The third-order valence-corrected chi connectivity index (χ3v) is 7.79. The van der Waals surface area contributed by atoms with Crippen molar-refractivity contribution < 1.29 is 0 Å². The van der Waals surface area contributed by atoms with Crippen molar-refractivity contribution in [2.24, 2.45) is 0 Å². The molecular weight excluding hydrogens is 314 g/mol. The number of benzene rings is 1. The third kappa shape index (κ3) is 5.58. The number of allylic oxidation sites excluding steroid dienone is 1. The van der Waals surface area contributed by atoms with Gasteiger partial charge in [0, 0.05) is 0 Å². The Balaban J connectivity index is 2.50. The first-order chi connectivity index (χ1) is 7.36. The van der Waals surface area contributed by atoms with Crippen LogP contribution < -0.4 is 4.46 Å². The zero-order chi connectivity index (χ0) is 10.9. The number of rotatable bonds is 6. The molecule has 0 spiro atoms. The number of unbranched alkanes of at least 4 members (excludes halogenated alkanes) is 2. The van der Waals surface area contributed by atoms with E-state index < -0.39 is 0 Å². The molecule has 0 fully saturated rings. The van der Waals surface area contributed by atoms with Crippen molar-refractivity contribution in [3.63, 3.8) is 0 Å². The quantitative estimate of drug-likeness (QED) is 0.555. The van der Waals surface area contributed by atoms with E-state index >= 15 is 0 Å². The van der Waals surface area contributed by atoms with Crippen LogP contribution >= 0.6 is 0 Å². The summed E-state index contributed by atoms with van der Waals surface area (Å²) in [6.45, 7) is 2.26. The van der Waals surface area contributed by atoms with E-state index in [0.29, 0.717) is 29.9 Å². The van der Waals surface area contributed by atoms with Gasteiger partial charge in [0.15, 0.2) is 0 Å². The number of hydrogen-bond acceptors (Lipinski definition) is 0. The molecule has 2 heteroatoms. The molecule has 0 aromatic heterocycles. The molecule has 0 radical (unpaired) electrons. The van der Waals surface area contributed by atoms with Crippen LogP contribution in [0.5, 0.6) is 0 Å². The van der Waals surface area contributed by atoms with Gasteiger partial charge >= 0.3 is 106 Å². The van der Waals surface area contributed by atoms with Gasteiger partial charge in [0.25, 0.3) is 0 Å². The molecule has 0 aliphatic carbocycles.